The number of carbonyl (C=O) groups excluding carboxylic acids is 1. The van der Waals surface area contributed by atoms with Crippen molar-refractivity contribution in [3.05, 3.63) is 0 Å². The highest BCUT2D eigenvalue weighted by molar-refractivity contribution is 5.68. The Labute approximate surface area is 116 Å². The summed E-state index contributed by atoms with van der Waals surface area (Å²) >= 11 is 0. The van der Waals surface area contributed by atoms with Gasteiger partial charge in [-0.15, -0.1) is 0 Å². The van der Waals surface area contributed by atoms with Crippen LogP contribution in [0.2, 0.25) is 0 Å². The van der Waals surface area contributed by atoms with Crippen LogP contribution in [0.3, 0.4) is 0 Å². The lowest BCUT2D eigenvalue weighted by atomic mass is 10.1. The molecule has 0 spiro atoms. The number of ether oxygens (including phenoxy) is 1. The van der Waals surface area contributed by atoms with E-state index < -0.39 is 5.60 Å². The third kappa shape index (κ3) is 8.06. The summed E-state index contributed by atoms with van der Waals surface area (Å²) in [5.74, 6) is 0. The van der Waals surface area contributed by atoms with Gasteiger partial charge in [0.1, 0.15) is 5.60 Å². The van der Waals surface area contributed by atoms with E-state index in [2.05, 4.69) is 36.7 Å². The Morgan fingerprint density at radius 1 is 1.11 bits per heavy atom. The van der Waals surface area contributed by atoms with Gasteiger partial charge in [-0.3, -0.25) is 0 Å². The average molecular weight is 271 g/mol. The van der Waals surface area contributed by atoms with E-state index in [1.165, 1.54) is 0 Å². The molecule has 5 nitrogen and oxygen atoms in total. The van der Waals surface area contributed by atoms with Crippen molar-refractivity contribution in [2.24, 2.45) is 0 Å². The first-order valence-electron chi connectivity index (χ1n) is 7.05. The molecule has 0 aromatic rings. The van der Waals surface area contributed by atoms with Crippen LogP contribution in [0.4, 0.5) is 4.79 Å². The minimum absolute atomic E-state index is 0.152. The van der Waals surface area contributed by atoms with Gasteiger partial charge >= 0.3 is 6.09 Å². The van der Waals surface area contributed by atoms with E-state index in [4.69, 9.17) is 4.74 Å². The first-order chi connectivity index (χ1) is 8.57. The van der Waals surface area contributed by atoms with Gasteiger partial charge < -0.3 is 20.7 Å². The van der Waals surface area contributed by atoms with Crippen molar-refractivity contribution >= 4 is 6.09 Å². The number of carbonyl (C=O) groups is 1. The second kappa shape index (κ2) is 6.09. The minimum Gasteiger partial charge on any atom is -0.444 e. The molecule has 0 bridgehead atoms. The number of hydrogen-bond acceptors (Lipinski definition) is 4. The predicted octanol–water partition coefficient (Wildman–Crippen LogP) is 1.63. The second-order valence-corrected chi connectivity index (χ2v) is 7.23. The fraction of sp³-hybridized carbons (Fsp3) is 0.929. The van der Waals surface area contributed by atoms with Gasteiger partial charge in [-0.25, -0.2) is 4.79 Å². The summed E-state index contributed by atoms with van der Waals surface area (Å²) < 4.78 is 5.22. The summed E-state index contributed by atoms with van der Waals surface area (Å²) in [6.07, 6.45) is 0.656. The van der Waals surface area contributed by atoms with E-state index in [9.17, 15) is 4.79 Å². The molecule has 0 saturated heterocycles. The zero-order chi connectivity index (χ0) is 14.7. The predicted molar refractivity (Wildman–Crippen MR) is 77.3 cm³/mol. The zero-order valence-corrected chi connectivity index (χ0v) is 13.1. The van der Waals surface area contributed by atoms with E-state index in [1.807, 2.05) is 20.8 Å². The van der Waals surface area contributed by atoms with Gasteiger partial charge in [-0.05, 0) is 48.0 Å². The number of rotatable bonds is 5. The van der Waals surface area contributed by atoms with Crippen molar-refractivity contribution in [2.45, 2.75) is 71.2 Å². The fourth-order valence-electron chi connectivity index (χ4n) is 1.73. The van der Waals surface area contributed by atoms with Gasteiger partial charge in [-0.1, -0.05) is 0 Å². The minimum atomic E-state index is -0.432. The van der Waals surface area contributed by atoms with Crippen LogP contribution >= 0.6 is 0 Å². The van der Waals surface area contributed by atoms with Crippen molar-refractivity contribution in [2.75, 3.05) is 13.1 Å². The molecule has 1 saturated carbocycles. The summed E-state index contributed by atoms with van der Waals surface area (Å²) in [6, 6.07) is 0.596. The largest absolute Gasteiger partial charge is 0.444 e. The Bertz CT molecular complexity index is 305. The van der Waals surface area contributed by atoms with Gasteiger partial charge in [0.05, 0.1) is 0 Å². The molecule has 2 unspecified atom stereocenters. The number of amides is 1. The molecule has 0 aromatic heterocycles. The van der Waals surface area contributed by atoms with Gasteiger partial charge in [0.2, 0.25) is 0 Å². The number of nitrogens with one attached hydrogen (secondary N) is 3. The summed E-state index contributed by atoms with van der Waals surface area (Å²) in [6.45, 7) is 13.9. The third-order valence-electron chi connectivity index (χ3n) is 2.68. The van der Waals surface area contributed by atoms with E-state index in [0.717, 1.165) is 19.5 Å². The van der Waals surface area contributed by atoms with Crippen LogP contribution in [0.15, 0.2) is 0 Å². The fourth-order valence-corrected chi connectivity index (χ4v) is 1.73. The van der Waals surface area contributed by atoms with Crippen LogP contribution < -0.4 is 16.0 Å². The molecule has 1 amide bonds. The topological polar surface area (TPSA) is 62.4 Å². The molecular weight excluding hydrogens is 242 g/mol. The van der Waals surface area contributed by atoms with E-state index in [-0.39, 0.29) is 17.7 Å². The lowest BCUT2D eigenvalue weighted by Gasteiger charge is -2.21. The lowest BCUT2D eigenvalue weighted by Crippen LogP contribution is -2.42. The van der Waals surface area contributed by atoms with Gasteiger partial charge in [0.15, 0.2) is 0 Å². The average Bonchev–Trinajstić information content (AvgIpc) is 2.86. The summed E-state index contributed by atoms with van der Waals surface area (Å²) in [5, 5.41) is 9.71. The SMILES string of the molecule is CC(C)(C)NCCNC1CC1NC(=O)OC(C)(C)C. The van der Waals surface area contributed by atoms with Crippen molar-refractivity contribution in [1.29, 1.82) is 0 Å². The van der Waals surface area contributed by atoms with Crippen molar-refractivity contribution in [3.63, 3.8) is 0 Å². The first-order valence-corrected chi connectivity index (χ1v) is 7.05. The molecule has 1 fully saturated rings. The molecule has 19 heavy (non-hydrogen) atoms. The highest BCUT2D eigenvalue weighted by atomic mass is 16.6. The maximum Gasteiger partial charge on any atom is 0.407 e. The van der Waals surface area contributed by atoms with Gasteiger partial charge in [0.25, 0.3) is 0 Å². The Balaban J connectivity index is 2.07. The molecule has 2 atom stereocenters. The quantitative estimate of drug-likeness (QED) is 0.665. The Hall–Kier alpha value is -0.810. The Kier molecular flexibility index (Phi) is 5.21. The molecule has 112 valence electrons. The normalized spacial score (nSPS) is 23.1. The van der Waals surface area contributed by atoms with Crippen LogP contribution in [-0.2, 0) is 4.74 Å². The first kappa shape index (κ1) is 16.2. The zero-order valence-electron chi connectivity index (χ0n) is 13.1. The monoisotopic (exact) mass is 271 g/mol. The second-order valence-electron chi connectivity index (χ2n) is 7.23. The molecule has 1 aliphatic rings. The smallest absolute Gasteiger partial charge is 0.407 e. The molecule has 0 heterocycles. The van der Waals surface area contributed by atoms with Crippen LogP contribution in [0.5, 0.6) is 0 Å². The van der Waals surface area contributed by atoms with Crippen LogP contribution in [0.25, 0.3) is 0 Å². The molecular formula is C14H29N3O2. The molecule has 1 aliphatic carbocycles. The maximum absolute atomic E-state index is 11.5. The molecule has 0 radical (unpaired) electrons. The van der Waals surface area contributed by atoms with Crippen LogP contribution in [0.1, 0.15) is 48.0 Å². The standard InChI is InChI=1S/C14H29N3O2/c1-13(2,3)16-8-7-15-10-9-11(10)17-12(18)19-14(4,5)6/h10-11,15-16H,7-9H2,1-6H3,(H,17,18). The molecule has 1 rings (SSSR count). The van der Waals surface area contributed by atoms with E-state index >= 15 is 0 Å². The molecule has 0 aliphatic heterocycles. The van der Waals surface area contributed by atoms with Crippen LogP contribution in [-0.4, -0.2) is 42.4 Å². The highest BCUT2D eigenvalue weighted by Gasteiger charge is 2.38. The molecule has 5 heteroatoms. The third-order valence-corrected chi connectivity index (χ3v) is 2.68. The van der Waals surface area contributed by atoms with Crippen molar-refractivity contribution < 1.29 is 9.53 Å². The summed E-state index contributed by atoms with van der Waals surface area (Å²) in [7, 11) is 0. The number of hydrogen-bond donors (Lipinski definition) is 3. The van der Waals surface area contributed by atoms with Crippen LogP contribution in [0, 0.1) is 0 Å². The van der Waals surface area contributed by atoms with Crippen molar-refractivity contribution in [1.82, 2.24) is 16.0 Å². The highest BCUT2D eigenvalue weighted by Crippen LogP contribution is 2.21. The lowest BCUT2D eigenvalue weighted by molar-refractivity contribution is 0.0522. The van der Waals surface area contributed by atoms with E-state index in [1.54, 1.807) is 0 Å². The van der Waals surface area contributed by atoms with E-state index in [0.29, 0.717) is 6.04 Å². The Morgan fingerprint density at radius 3 is 2.26 bits per heavy atom. The summed E-state index contributed by atoms with van der Waals surface area (Å²) in [4.78, 5) is 11.5. The van der Waals surface area contributed by atoms with Gasteiger partial charge in [0, 0.05) is 30.7 Å². The Morgan fingerprint density at radius 2 is 1.74 bits per heavy atom. The number of alkyl carbamates (subject to hydrolysis) is 1. The molecule has 0 aromatic carbocycles. The molecule has 3 N–H and O–H groups in total. The maximum atomic E-state index is 11.5. The van der Waals surface area contributed by atoms with Crippen molar-refractivity contribution in [3.8, 4) is 0 Å². The summed E-state index contributed by atoms with van der Waals surface area (Å²) in [5.41, 5.74) is -0.280. The van der Waals surface area contributed by atoms with Gasteiger partial charge in [-0.2, -0.15) is 0 Å².